The quantitative estimate of drug-likeness (QED) is 0.824. The van der Waals surface area contributed by atoms with E-state index < -0.39 is 0 Å². The minimum absolute atomic E-state index is 0.227. The van der Waals surface area contributed by atoms with Gasteiger partial charge in [-0.15, -0.1) is 0 Å². The molecule has 2 nitrogen and oxygen atoms in total. The van der Waals surface area contributed by atoms with Gasteiger partial charge in [-0.25, -0.2) is 0 Å². The summed E-state index contributed by atoms with van der Waals surface area (Å²) in [6, 6.07) is 19.1. The lowest BCUT2D eigenvalue weighted by atomic mass is 10.0. The first-order valence-electron chi connectivity index (χ1n) is 7.27. The van der Waals surface area contributed by atoms with E-state index in [-0.39, 0.29) is 6.10 Å². The van der Waals surface area contributed by atoms with Crippen molar-refractivity contribution in [2.45, 2.75) is 25.4 Å². The molecule has 2 heteroatoms. The van der Waals surface area contributed by atoms with Crippen molar-refractivity contribution in [3.05, 3.63) is 65.7 Å². The molecule has 0 N–H and O–H groups in total. The number of benzene rings is 2. The van der Waals surface area contributed by atoms with Gasteiger partial charge in [0.1, 0.15) is 11.9 Å². The van der Waals surface area contributed by atoms with Gasteiger partial charge in [0.15, 0.2) is 0 Å². The van der Waals surface area contributed by atoms with Crippen LogP contribution in [0.15, 0.2) is 54.6 Å². The molecular weight excluding hydrogens is 248 g/mol. The highest BCUT2D eigenvalue weighted by atomic mass is 16.5. The summed E-state index contributed by atoms with van der Waals surface area (Å²) in [5.41, 5.74) is 2.74. The topological polar surface area (TPSA) is 18.5 Å². The van der Waals surface area contributed by atoms with Crippen LogP contribution in [0.5, 0.6) is 5.75 Å². The molecule has 2 aromatic rings. The van der Waals surface area contributed by atoms with Crippen LogP contribution in [0.1, 0.15) is 17.5 Å². The summed E-state index contributed by atoms with van der Waals surface area (Å²) in [5.74, 6) is 0.948. The summed E-state index contributed by atoms with van der Waals surface area (Å²) in [4.78, 5) is 0. The summed E-state index contributed by atoms with van der Waals surface area (Å²) in [6.07, 6.45) is 3.37. The standard InChI is InChI=1S/C18H20O2/c1-2-4-15(5-3-1)6-7-16-8-10-17(11-9-16)20-18-12-13-19-14-18/h1-5,8-11,18H,6-7,12-14H2. The Hall–Kier alpha value is -1.80. The van der Waals surface area contributed by atoms with Crippen molar-refractivity contribution in [3.63, 3.8) is 0 Å². The molecule has 1 atom stereocenters. The SMILES string of the molecule is c1ccc(CCc2ccc(OC3CCOC3)cc2)cc1. The maximum Gasteiger partial charge on any atom is 0.124 e. The van der Waals surface area contributed by atoms with E-state index >= 15 is 0 Å². The van der Waals surface area contributed by atoms with Crippen LogP contribution in [0.4, 0.5) is 0 Å². The van der Waals surface area contributed by atoms with Crippen LogP contribution >= 0.6 is 0 Å². The van der Waals surface area contributed by atoms with Crippen molar-refractivity contribution in [2.75, 3.05) is 13.2 Å². The first-order valence-corrected chi connectivity index (χ1v) is 7.27. The Bertz CT molecular complexity index is 513. The van der Waals surface area contributed by atoms with Crippen molar-refractivity contribution in [1.82, 2.24) is 0 Å². The molecule has 0 aromatic heterocycles. The molecule has 0 radical (unpaired) electrons. The Kier molecular flexibility index (Phi) is 4.34. The number of rotatable bonds is 5. The summed E-state index contributed by atoms with van der Waals surface area (Å²) in [6.45, 7) is 1.54. The predicted octanol–water partition coefficient (Wildman–Crippen LogP) is 3.64. The van der Waals surface area contributed by atoms with Gasteiger partial charge in [0.2, 0.25) is 0 Å². The van der Waals surface area contributed by atoms with Crippen molar-refractivity contribution in [3.8, 4) is 5.75 Å². The largest absolute Gasteiger partial charge is 0.488 e. The van der Waals surface area contributed by atoms with Gasteiger partial charge >= 0.3 is 0 Å². The number of hydrogen-bond acceptors (Lipinski definition) is 2. The monoisotopic (exact) mass is 268 g/mol. The first kappa shape index (κ1) is 13.2. The van der Waals surface area contributed by atoms with Crippen LogP contribution < -0.4 is 4.74 Å². The van der Waals surface area contributed by atoms with E-state index in [9.17, 15) is 0 Å². The summed E-state index contributed by atoms with van der Waals surface area (Å²) < 4.78 is 11.2. The highest BCUT2D eigenvalue weighted by molar-refractivity contribution is 5.28. The van der Waals surface area contributed by atoms with Crippen LogP contribution in [-0.4, -0.2) is 19.3 Å². The first-order chi connectivity index (χ1) is 9.90. The van der Waals surface area contributed by atoms with Gasteiger partial charge in [-0.05, 0) is 36.1 Å². The fourth-order valence-electron chi connectivity index (χ4n) is 2.47. The zero-order valence-electron chi connectivity index (χ0n) is 11.6. The Morgan fingerprint density at radius 3 is 2.25 bits per heavy atom. The summed E-state index contributed by atoms with van der Waals surface area (Å²) in [7, 11) is 0. The van der Waals surface area contributed by atoms with Crippen LogP contribution in [0.2, 0.25) is 0 Å². The maximum absolute atomic E-state index is 5.87. The van der Waals surface area contributed by atoms with Gasteiger partial charge in [0.25, 0.3) is 0 Å². The van der Waals surface area contributed by atoms with Gasteiger partial charge in [-0.3, -0.25) is 0 Å². The average molecular weight is 268 g/mol. The zero-order valence-corrected chi connectivity index (χ0v) is 11.6. The van der Waals surface area contributed by atoms with E-state index in [0.717, 1.165) is 38.2 Å². The lowest BCUT2D eigenvalue weighted by Crippen LogP contribution is -2.15. The second-order valence-electron chi connectivity index (χ2n) is 5.23. The molecule has 1 aliphatic heterocycles. The third-order valence-electron chi connectivity index (χ3n) is 3.66. The van der Waals surface area contributed by atoms with Crippen LogP contribution in [0.3, 0.4) is 0 Å². The van der Waals surface area contributed by atoms with Crippen LogP contribution in [-0.2, 0) is 17.6 Å². The van der Waals surface area contributed by atoms with Crippen molar-refractivity contribution >= 4 is 0 Å². The molecule has 0 spiro atoms. The average Bonchev–Trinajstić information content (AvgIpc) is 3.01. The van der Waals surface area contributed by atoms with Gasteiger partial charge in [-0.2, -0.15) is 0 Å². The van der Waals surface area contributed by atoms with E-state index in [1.807, 2.05) is 0 Å². The Labute approximate surface area is 120 Å². The normalized spacial score (nSPS) is 18.1. The molecule has 0 bridgehead atoms. The van der Waals surface area contributed by atoms with Crippen molar-refractivity contribution in [1.29, 1.82) is 0 Å². The highest BCUT2D eigenvalue weighted by Gasteiger charge is 2.16. The minimum atomic E-state index is 0.227. The minimum Gasteiger partial charge on any atom is -0.488 e. The molecule has 104 valence electrons. The lowest BCUT2D eigenvalue weighted by Gasteiger charge is -2.12. The fraction of sp³-hybridized carbons (Fsp3) is 0.333. The highest BCUT2D eigenvalue weighted by Crippen LogP contribution is 2.18. The van der Waals surface area contributed by atoms with Gasteiger partial charge in [-0.1, -0.05) is 42.5 Å². The molecule has 1 saturated heterocycles. The van der Waals surface area contributed by atoms with Crippen LogP contribution in [0, 0.1) is 0 Å². The molecule has 1 aliphatic rings. The van der Waals surface area contributed by atoms with Gasteiger partial charge in [0, 0.05) is 6.42 Å². The molecule has 1 unspecified atom stereocenters. The molecule has 2 aromatic carbocycles. The number of ether oxygens (including phenoxy) is 2. The second kappa shape index (κ2) is 6.58. The van der Waals surface area contributed by atoms with Gasteiger partial charge < -0.3 is 9.47 Å². The Morgan fingerprint density at radius 1 is 0.900 bits per heavy atom. The molecule has 20 heavy (non-hydrogen) atoms. The molecule has 0 amide bonds. The summed E-state index contributed by atoms with van der Waals surface area (Å²) >= 11 is 0. The zero-order chi connectivity index (χ0) is 13.6. The molecule has 3 rings (SSSR count). The molecule has 0 aliphatic carbocycles. The molecule has 1 fully saturated rings. The fourth-order valence-corrected chi connectivity index (χ4v) is 2.47. The number of hydrogen-bond donors (Lipinski definition) is 0. The Balaban J connectivity index is 1.53. The van der Waals surface area contributed by atoms with Crippen LogP contribution in [0.25, 0.3) is 0 Å². The molecule has 0 saturated carbocycles. The van der Waals surface area contributed by atoms with E-state index in [1.54, 1.807) is 0 Å². The molecule has 1 heterocycles. The van der Waals surface area contributed by atoms with E-state index in [2.05, 4.69) is 54.6 Å². The predicted molar refractivity (Wildman–Crippen MR) is 80.1 cm³/mol. The Morgan fingerprint density at radius 2 is 1.60 bits per heavy atom. The van der Waals surface area contributed by atoms with Gasteiger partial charge in [0.05, 0.1) is 13.2 Å². The maximum atomic E-state index is 5.87. The lowest BCUT2D eigenvalue weighted by molar-refractivity contribution is 0.141. The van der Waals surface area contributed by atoms with Crippen molar-refractivity contribution in [2.24, 2.45) is 0 Å². The summed E-state index contributed by atoms with van der Waals surface area (Å²) in [5, 5.41) is 0. The van der Waals surface area contributed by atoms with E-state index in [1.165, 1.54) is 11.1 Å². The van der Waals surface area contributed by atoms with E-state index in [4.69, 9.17) is 9.47 Å². The third kappa shape index (κ3) is 3.61. The molecular formula is C18H20O2. The second-order valence-corrected chi connectivity index (χ2v) is 5.23. The smallest absolute Gasteiger partial charge is 0.124 e. The van der Waals surface area contributed by atoms with E-state index in [0.29, 0.717) is 0 Å². The van der Waals surface area contributed by atoms with Crippen molar-refractivity contribution < 1.29 is 9.47 Å². The third-order valence-corrected chi connectivity index (χ3v) is 3.66. The number of aryl methyl sites for hydroxylation is 2.